The van der Waals surface area contributed by atoms with E-state index in [-0.39, 0.29) is 25.4 Å². The van der Waals surface area contributed by atoms with Crippen molar-refractivity contribution in [1.29, 1.82) is 0 Å². The summed E-state index contributed by atoms with van der Waals surface area (Å²) in [5.41, 5.74) is 3.01. The van der Waals surface area contributed by atoms with Gasteiger partial charge in [-0.2, -0.15) is 0 Å². The third-order valence-corrected chi connectivity index (χ3v) is 6.71. The minimum atomic E-state index is -1.12. The fourth-order valence-electron chi connectivity index (χ4n) is 3.92. The van der Waals surface area contributed by atoms with Crippen LogP contribution in [0.5, 0.6) is 0 Å². The molecule has 2 aromatic carbocycles. The molecule has 3 N–H and O–H groups in total. The third kappa shape index (κ3) is 10.2. The molecule has 0 aliphatic rings. The molecule has 0 radical (unpaired) electrons. The topological polar surface area (TPSA) is 126 Å². The minimum absolute atomic E-state index is 0.00276. The van der Waals surface area contributed by atoms with Crippen molar-refractivity contribution in [1.82, 2.24) is 20.9 Å². The molecule has 3 atom stereocenters. The Balaban J connectivity index is 1.71. The van der Waals surface area contributed by atoms with E-state index in [2.05, 4.69) is 20.9 Å². The van der Waals surface area contributed by atoms with E-state index in [0.717, 1.165) is 10.4 Å². The predicted octanol–water partition coefficient (Wildman–Crippen LogP) is 3.58. The first-order valence-electron chi connectivity index (χ1n) is 12.9. The maximum atomic E-state index is 13.4. The lowest BCUT2D eigenvalue weighted by Crippen LogP contribution is -2.56. The van der Waals surface area contributed by atoms with Crippen molar-refractivity contribution in [2.45, 2.75) is 57.8 Å². The summed E-state index contributed by atoms with van der Waals surface area (Å²) in [6.45, 7) is 3.80. The summed E-state index contributed by atoms with van der Waals surface area (Å²) in [6, 6.07) is 11.7. The molecule has 40 heavy (non-hydrogen) atoms. The number of aromatic nitrogens is 1. The summed E-state index contributed by atoms with van der Waals surface area (Å²) in [4.78, 5) is 55.7. The van der Waals surface area contributed by atoms with Gasteiger partial charge >= 0.3 is 6.09 Å². The monoisotopic (exact) mass is 568 g/mol. The zero-order valence-corrected chi connectivity index (χ0v) is 23.2. The van der Waals surface area contributed by atoms with Crippen LogP contribution in [-0.4, -0.2) is 47.3 Å². The summed E-state index contributed by atoms with van der Waals surface area (Å²) < 4.78 is 18.7. The minimum Gasteiger partial charge on any atom is -0.445 e. The second-order valence-electron chi connectivity index (χ2n) is 9.70. The normalized spacial score (nSPS) is 13.1. The number of hydrogen-bond acceptors (Lipinski definition) is 7. The van der Waals surface area contributed by atoms with Crippen molar-refractivity contribution in [3.63, 3.8) is 0 Å². The number of hydrogen-bond donors (Lipinski definition) is 3. The highest BCUT2D eigenvalue weighted by atomic mass is 32.1. The van der Waals surface area contributed by atoms with Gasteiger partial charge in [0.15, 0.2) is 0 Å². The van der Waals surface area contributed by atoms with Gasteiger partial charge in [-0.15, -0.1) is 11.3 Å². The van der Waals surface area contributed by atoms with Gasteiger partial charge in [-0.25, -0.2) is 9.18 Å². The van der Waals surface area contributed by atoms with Crippen molar-refractivity contribution in [3.8, 4) is 0 Å². The quantitative estimate of drug-likeness (QED) is 0.255. The Morgan fingerprint density at radius 2 is 1.62 bits per heavy atom. The van der Waals surface area contributed by atoms with Crippen LogP contribution in [0.3, 0.4) is 0 Å². The summed E-state index contributed by atoms with van der Waals surface area (Å²) in [7, 11) is 0. The molecule has 0 fully saturated rings. The van der Waals surface area contributed by atoms with Crippen molar-refractivity contribution >= 4 is 35.5 Å². The van der Waals surface area contributed by atoms with E-state index in [1.165, 1.54) is 35.6 Å². The SMILES string of the molecule is CC(C)C[C@H](NC(=O)[C@H](Cc1ccc(F)cc1)NC(=O)OCc1ccccc1)C(=O)NC(C=O)Cc1cncs1. The van der Waals surface area contributed by atoms with Crippen LogP contribution in [0.4, 0.5) is 9.18 Å². The Labute approximate surface area is 236 Å². The second-order valence-corrected chi connectivity index (χ2v) is 10.7. The van der Waals surface area contributed by atoms with Gasteiger partial charge in [-0.1, -0.05) is 56.3 Å². The number of nitrogens with zero attached hydrogens (tertiary/aromatic N) is 1. The van der Waals surface area contributed by atoms with Gasteiger partial charge in [0.25, 0.3) is 0 Å². The first-order chi connectivity index (χ1) is 19.2. The third-order valence-electron chi connectivity index (χ3n) is 5.91. The second kappa shape index (κ2) is 15.5. The van der Waals surface area contributed by atoms with Gasteiger partial charge in [0.05, 0.1) is 11.6 Å². The molecule has 1 aromatic heterocycles. The van der Waals surface area contributed by atoms with Crippen LogP contribution in [0.25, 0.3) is 0 Å². The van der Waals surface area contributed by atoms with Crippen molar-refractivity contribution < 1.29 is 28.3 Å². The summed E-state index contributed by atoms with van der Waals surface area (Å²) in [6.07, 6.45) is 2.07. The maximum Gasteiger partial charge on any atom is 0.408 e. The van der Waals surface area contributed by atoms with Crippen LogP contribution in [-0.2, 0) is 38.6 Å². The van der Waals surface area contributed by atoms with Gasteiger partial charge in [-0.3, -0.25) is 14.6 Å². The van der Waals surface area contributed by atoms with Gasteiger partial charge in [0.2, 0.25) is 11.8 Å². The number of carbonyl (C=O) groups excluding carboxylic acids is 4. The molecule has 0 saturated heterocycles. The van der Waals surface area contributed by atoms with E-state index in [9.17, 15) is 23.6 Å². The van der Waals surface area contributed by atoms with E-state index in [1.54, 1.807) is 23.8 Å². The molecule has 3 aromatic rings. The van der Waals surface area contributed by atoms with E-state index in [1.807, 2.05) is 32.0 Å². The predicted molar refractivity (Wildman–Crippen MR) is 149 cm³/mol. The van der Waals surface area contributed by atoms with Crippen LogP contribution in [0, 0.1) is 11.7 Å². The molecule has 1 unspecified atom stereocenters. The van der Waals surface area contributed by atoms with Crippen molar-refractivity contribution in [2.75, 3.05) is 0 Å². The fourth-order valence-corrected chi connectivity index (χ4v) is 4.58. The number of aldehydes is 1. The average Bonchev–Trinajstić information content (AvgIpc) is 3.45. The molecule has 212 valence electrons. The zero-order valence-electron chi connectivity index (χ0n) is 22.3. The number of nitrogens with one attached hydrogen (secondary N) is 3. The summed E-state index contributed by atoms with van der Waals surface area (Å²) in [5, 5.41) is 7.99. The highest BCUT2D eigenvalue weighted by Crippen LogP contribution is 2.12. The number of carbonyl (C=O) groups is 4. The largest absolute Gasteiger partial charge is 0.445 e. The highest BCUT2D eigenvalue weighted by molar-refractivity contribution is 7.09. The number of benzene rings is 2. The Bertz CT molecular complexity index is 1240. The molecule has 1 heterocycles. The van der Waals surface area contributed by atoms with Gasteiger partial charge < -0.3 is 25.5 Å². The van der Waals surface area contributed by atoms with Crippen molar-refractivity contribution in [3.05, 3.63) is 88.1 Å². The van der Waals surface area contributed by atoms with Gasteiger partial charge in [0.1, 0.15) is 30.8 Å². The first-order valence-corrected chi connectivity index (χ1v) is 13.8. The number of halogens is 1. The highest BCUT2D eigenvalue weighted by Gasteiger charge is 2.29. The summed E-state index contributed by atoms with van der Waals surface area (Å²) >= 11 is 1.37. The van der Waals surface area contributed by atoms with Crippen LogP contribution in [0.2, 0.25) is 0 Å². The molecular formula is C29H33FN4O5S. The molecule has 3 amide bonds. The Morgan fingerprint density at radius 3 is 2.25 bits per heavy atom. The number of amides is 3. The molecule has 11 heteroatoms. The van der Waals surface area contributed by atoms with Gasteiger partial charge in [-0.05, 0) is 35.6 Å². The van der Waals surface area contributed by atoms with Crippen LogP contribution in [0.15, 0.2) is 66.3 Å². The number of alkyl carbamates (subject to hydrolysis) is 1. The van der Waals surface area contributed by atoms with E-state index in [4.69, 9.17) is 4.74 Å². The molecule has 0 bridgehead atoms. The van der Waals surface area contributed by atoms with E-state index in [0.29, 0.717) is 18.3 Å². The average molecular weight is 569 g/mol. The number of ether oxygens (including phenoxy) is 1. The molecule has 9 nitrogen and oxygen atoms in total. The Morgan fingerprint density at radius 1 is 0.925 bits per heavy atom. The van der Waals surface area contributed by atoms with Crippen molar-refractivity contribution in [2.24, 2.45) is 5.92 Å². The standard InChI is InChI=1S/C29H33FN4O5S/c1-19(2)12-25(27(36)32-23(16-35)14-24-15-31-18-40-24)33-28(37)26(13-20-8-10-22(30)11-9-20)34-29(38)39-17-21-6-4-3-5-7-21/h3-11,15-16,18-19,23,25-26H,12-14,17H2,1-2H3,(H,32,36)(H,33,37)(H,34,38)/t23?,25-,26-/m0/s1. The molecule has 0 spiro atoms. The smallest absolute Gasteiger partial charge is 0.408 e. The first kappa shape index (κ1) is 30.4. The fraction of sp³-hybridized carbons (Fsp3) is 0.345. The Kier molecular flexibility index (Phi) is 11.8. The lowest BCUT2D eigenvalue weighted by atomic mass is 10.0. The van der Waals surface area contributed by atoms with Crippen LogP contribution >= 0.6 is 11.3 Å². The van der Waals surface area contributed by atoms with E-state index < -0.39 is 41.9 Å². The maximum absolute atomic E-state index is 13.4. The lowest BCUT2D eigenvalue weighted by molar-refractivity contribution is -0.131. The summed E-state index contributed by atoms with van der Waals surface area (Å²) in [5.74, 6) is -1.54. The molecular weight excluding hydrogens is 535 g/mol. The van der Waals surface area contributed by atoms with Crippen LogP contribution in [0.1, 0.15) is 36.3 Å². The van der Waals surface area contributed by atoms with Crippen LogP contribution < -0.4 is 16.0 Å². The molecule has 0 saturated carbocycles. The molecule has 3 rings (SSSR count). The van der Waals surface area contributed by atoms with E-state index >= 15 is 0 Å². The number of thiazole rings is 1. The lowest BCUT2D eigenvalue weighted by Gasteiger charge is -2.25. The number of rotatable bonds is 14. The molecule has 0 aliphatic carbocycles. The Hall–Kier alpha value is -4.12. The molecule has 0 aliphatic heterocycles. The van der Waals surface area contributed by atoms with Gasteiger partial charge in [0, 0.05) is 23.9 Å². The zero-order chi connectivity index (χ0) is 28.9.